The third kappa shape index (κ3) is 3.40. The monoisotopic (exact) mass is 320 g/mol. The first-order chi connectivity index (χ1) is 11.7. The predicted molar refractivity (Wildman–Crippen MR) is 94.5 cm³/mol. The summed E-state index contributed by atoms with van der Waals surface area (Å²) in [7, 11) is 0. The van der Waals surface area contributed by atoms with Gasteiger partial charge in [0.05, 0.1) is 0 Å². The molecule has 3 aromatic rings. The highest BCUT2D eigenvalue weighted by Crippen LogP contribution is 2.22. The molecule has 3 nitrogen and oxygen atoms in total. The molecule has 1 aromatic heterocycles. The van der Waals surface area contributed by atoms with Crippen LogP contribution in [0.1, 0.15) is 35.1 Å². The van der Waals surface area contributed by atoms with Gasteiger partial charge in [-0.25, -0.2) is 0 Å². The largest absolute Gasteiger partial charge is 0.502 e. The fourth-order valence-corrected chi connectivity index (χ4v) is 2.80. The molecule has 0 saturated heterocycles. The van der Waals surface area contributed by atoms with Crippen molar-refractivity contribution in [1.29, 1.82) is 0 Å². The molecule has 0 aliphatic carbocycles. The lowest BCUT2D eigenvalue weighted by Gasteiger charge is -2.12. The first kappa shape index (κ1) is 16.1. The van der Waals surface area contributed by atoms with E-state index in [9.17, 15) is 9.90 Å². The summed E-state index contributed by atoms with van der Waals surface area (Å²) in [6.07, 6.45) is 1.46. The van der Waals surface area contributed by atoms with E-state index in [0.717, 1.165) is 11.1 Å². The van der Waals surface area contributed by atoms with Crippen molar-refractivity contribution in [2.24, 2.45) is 0 Å². The van der Waals surface area contributed by atoms with E-state index in [1.807, 2.05) is 67.6 Å². The molecule has 0 fully saturated rings. The summed E-state index contributed by atoms with van der Waals surface area (Å²) in [6.45, 7) is 1.86. The molecule has 24 heavy (non-hydrogen) atoms. The van der Waals surface area contributed by atoms with Crippen molar-refractivity contribution in [3.63, 3.8) is 0 Å². The summed E-state index contributed by atoms with van der Waals surface area (Å²) in [5.74, 6) is 0.715. The van der Waals surface area contributed by atoms with Crippen LogP contribution in [0, 0.1) is 0 Å². The molecular formula is C21H20O3. The minimum Gasteiger partial charge on any atom is -0.502 e. The van der Waals surface area contributed by atoms with E-state index in [1.165, 1.54) is 0 Å². The molecule has 0 radical (unpaired) electrons. The fourth-order valence-electron chi connectivity index (χ4n) is 2.80. The highest BCUT2D eigenvalue weighted by Gasteiger charge is 2.18. The normalized spacial score (nSPS) is 10.7. The SMILES string of the molecule is CCc1oc(Cc2ccccc2)c(Cc2ccccc2)c(=O)c1O. The van der Waals surface area contributed by atoms with Gasteiger partial charge in [-0.15, -0.1) is 0 Å². The van der Waals surface area contributed by atoms with Gasteiger partial charge >= 0.3 is 0 Å². The second-order valence-electron chi connectivity index (χ2n) is 5.78. The molecule has 3 heteroatoms. The average Bonchev–Trinajstić information content (AvgIpc) is 2.63. The van der Waals surface area contributed by atoms with Gasteiger partial charge in [-0.3, -0.25) is 4.79 Å². The summed E-state index contributed by atoms with van der Waals surface area (Å²) in [6, 6.07) is 19.6. The Kier molecular flexibility index (Phi) is 4.80. The van der Waals surface area contributed by atoms with Gasteiger partial charge in [0.1, 0.15) is 11.5 Å². The minimum atomic E-state index is -0.326. The smallest absolute Gasteiger partial charge is 0.230 e. The van der Waals surface area contributed by atoms with Crippen LogP contribution in [0.15, 0.2) is 69.9 Å². The molecule has 0 unspecified atom stereocenters. The van der Waals surface area contributed by atoms with Crippen LogP contribution in [0.2, 0.25) is 0 Å². The van der Waals surface area contributed by atoms with Crippen molar-refractivity contribution in [3.8, 4) is 5.75 Å². The lowest BCUT2D eigenvalue weighted by atomic mass is 9.99. The zero-order valence-corrected chi connectivity index (χ0v) is 13.7. The lowest BCUT2D eigenvalue weighted by molar-refractivity contribution is 0.383. The van der Waals surface area contributed by atoms with Crippen LogP contribution in [-0.2, 0) is 19.3 Å². The highest BCUT2D eigenvalue weighted by molar-refractivity contribution is 5.37. The number of aromatic hydroxyl groups is 1. The number of benzene rings is 2. The molecule has 3 rings (SSSR count). The highest BCUT2D eigenvalue weighted by atomic mass is 16.4. The van der Waals surface area contributed by atoms with Gasteiger partial charge in [-0.05, 0) is 11.1 Å². The van der Waals surface area contributed by atoms with Crippen LogP contribution in [-0.4, -0.2) is 5.11 Å². The van der Waals surface area contributed by atoms with Gasteiger partial charge in [0, 0.05) is 24.8 Å². The van der Waals surface area contributed by atoms with Gasteiger partial charge in [0.15, 0.2) is 0 Å². The number of aryl methyl sites for hydroxylation is 1. The van der Waals surface area contributed by atoms with Gasteiger partial charge in [0.2, 0.25) is 11.2 Å². The first-order valence-corrected chi connectivity index (χ1v) is 8.13. The predicted octanol–water partition coefficient (Wildman–Crippen LogP) is 4.09. The second kappa shape index (κ2) is 7.18. The van der Waals surface area contributed by atoms with Crippen molar-refractivity contribution in [3.05, 3.63) is 99.1 Å². The molecule has 2 aromatic carbocycles. The Morgan fingerprint density at radius 3 is 1.92 bits per heavy atom. The maximum absolute atomic E-state index is 12.7. The summed E-state index contributed by atoms with van der Waals surface area (Å²) >= 11 is 0. The maximum Gasteiger partial charge on any atom is 0.230 e. The second-order valence-corrected chi connectivity index (χ2v) is 5.78. The summed E-state index contributed by atoms with van der Waals surface area (Å²) in [5, 5.41) is 10.1. The Hall–Kier alpha value is -2.81. The van der Waals surface area contributed by atoms with Crippen molar-refractivity contribution in [1.82, 2.24) is 0 Å². The van der Waals surface area contributed by atoms with E-state index in [0.29, 0.717) is 36.3 Å². The third-order valence-corrected chi connectivity index (χ3v) is 4.09. The van der Waals surface area contributed by atoms with Gasteiger partial charge in [0.25, 0.3) is 0 Å². The Balaban J connectivity index is 2.07. The molecule has 122 valence electrons. The van der Waals surface area contributed by atoms with E-state index >= 15 is 0 Å². The molecule has 0 spiro atoms. The number of rotatable bonds is 5. The van der Waals surface area contributed by atoms with Gasteiger partial charge < -0.3 is 9.52 Å². The van der Waals surface area contributed by atoms with Crippen LogP contribution in [0.3, 0.4) is 0 Å². The van der Waals surface area contributed by atoms with E-state index in [-0.39, 0.29) is 11.2 Å². The lowest BCUT2D eigenvalue weighted by Crippen LogP contribution is -2.15. The van der Waals surface area contributed by atoms with E-state index < -0.39 is 0 Å². The van der Waals surface area contributed by atoms with Gasteiger partial charge in [-0.2, -0.15) is 0 Å². The van der Waals surface area contributed by atoms with Crippen molar-refractivity contribution < 1.29 is 9.52 Å². The first-order valence-electron chi connectivity index (χ1n) is 8.13. The molecule has 1 heterocycles. The van der Waals surface area contributed by atoms with Crippen LogP contribution in [0.5, 0.6) is 5.75 Å². The van der Waals surface area contributed by atoms with E-state index in [2.05, 4.69) is 0 Å². The Morgan fingerprint density at radius 1 is 0.833 bits per heavy atom. The number of hydrogen-bond acceptors (Lipinski definition) is 3. The van der Waals surface area contributed by atoms with Crippen molar-refractivity contribution in [2.75, 3.05) is 0 Å². The summed E-state index contributed by atoms with van der Waals surface area (Å²) in [5.41, 5.74) is 2.29. The standard InChI is InChI=1S/C21H20O3/c1-2-18-21(23)20(22)17(13-15-9-5-3-6-10-15)19(24-18)14-16-11-7-4-8-12-16/h3-12,23H,2,13-14H2,1H3. The van der Waals surface area contributed by atoms with Gasteiger partial charge in [-0.1, -0.05) is 67.6 Å². The molecular weight excluding hydrogens is 300 g/mol. The Morgan fingerprint density at radius 2 is 1.38 bits per heavy atom. The third-order valence-electron chi connectivity index (χ3n) is 4.09. The summed E-state index contributed by atoms with van der Waals surface area (Å²) in [4.78, 5) is 12.7. The average molecular weight is 320 g/mol. The topological polar surface area (TPSA) is 50.4 Å². The van der Waals surface area contributed by atoms with Crippen LogP contribution >= 0.6 is 0 Å². The number of hydrogen-bond donors (Lipinski definition) is 1. The molecule has 0 amide bonds. The molecule has 0 aliphatic heterocycles. The summed E-state index contributed by atoms with van der Waals surface area (Å²) < 4.78 is 5.90. The van der Waals surface area contributed by atoms with Crippen LogP contribution in [0.4, 0.5) is 0 Å². The van der Waals surface area contributed by atoms with Crippen molar-refractivity contribution in [2.45, 2.75) is 26.2 Å². The molecule has 0 atom stereocenters. The van der Waals surface area contributed by atoms with Crippen LogP contribution < -0.4 is 5.43 Å². The molecule has 0 saturated carbocycles. The quantitative estimate of drug-likeness (QED) is 0.770. The fraction of sp³-hybridized carbons (Fsp3) is 0.190. The Labute approximate surface area is 141 Å². The zero-order chi connectivity index (χ0) is 16.9. The van der Waals surface area contributed by atoms with E-state index in [1.54, 1.807) is 0 Å². The van der Waals surface area contributed by atoms with Crippen LogP contribution in [0.25, 0.3) is 0 Å². The zero-order valence-electron chi connectivity index (χ0n) is 13.7. The van der Waals surface area contributed by atoms with E-state index in [4.69, 9.17) is 4.42 Å². The minimum absolute atomic E-state index is 0.264. The Bertz CT molecular complexity index is 865. The van der Waals surface area contributed by atoms with Crippen molar-refractivity contribution >= 4 is 0 Å². The maximum atomic E-state index is 12.7. The molecule has 0 aliphatic rings. The molecule has 1 N–H and O–H groups in total. The molecule has 0 bridgehead atoms.